The quantitative estimate of drug-likeness (QED) is 0.906. The van der Waals surface area contributed by atoms with Crippen LogP contribution in [0.2, 0.25) is 0 Å². The van der Waals surface area contributed by atoms with Crippen molar-refractivity contribution in [2.75, 3.05) is 7.11 Å². The van der Waals surface area contributed by atoms with Crippen LogP contribution < -0.4 is 10.5 Å². The molecule has 0 aliphatic carbocycles. The maximum atomic E-state index is 13.0. The first-order valence-corrected chi connectivity index (χ1v) is 9.21. The number of ether oxygens (including phenoxy) is 1. The van der Waals surface area contributed by atoms with Gasteiger partial charge in [0, 0.05) is 5.41 Å². The number of carbonyl (C=O) groups excluding carboxylic acids is 1. The Morgan fingerprint density at radius 1 is 1.12 bits per heavy atom. The highest BCUT2D eigenvalue weighted by Crippen LogP contribution is 2.39. The minimum Gasteiger partial charge on any atom is -0.497 e. The molecule has 2 aromatic carbocycles. The van der Waals surface area contributed by atoms with Gasteiger partial charge in [-0.1, -0.05) is 53.7 Å². The van der Waals surface area contributed by atoms with E-state index in [0.717, 1.165) is 22.6 Å². The van der Waals surface area contributed by atoms with Crippen LogP contribution in [0.5, 0.6) is 5.75 Å². The van der Waals surface area contributed by atoms with E-state index in [1.165, 1.54) is 17.3 Å². The van der Waals surface area contributed by atoms with Gasteiger partial charge in [0.1, 0.15) is 17.8 Å². The van der Waals surface area contributed by atoms with E-state index >= 15 is 0 Å². The van der Waals surface area contributed by atoms with Crippen molar-refractivity contribution >= 4 is 28.5 Å². The summed E-state index contributed by atoms with van der Waals surface area (Å²) in [6, 6.07) is 14.5. The van der Waals surface area contributed by atoms with Gasteiger partial charge in [-0.2, -0.15) is 0 Å². The molecule has 6 heteroatoms. The molecule has 2 N–H and O–H groups in total. The molecule has 132 valence electrons. The number of aryl methyl sites for hydroxylation is 1. The van der Waals surface area contributed by atoms with Crippen LogP contribution in [0.4, 0.5) is 0 Å². The lowest BCUT2D eigenvalue weighted by Crippen LogP contribution is -2.50. The average Bonchev–Trinajstić information content (AvgIpc) is 3.09. The van der Waals surface area contributed by atoms with E-state index in [1.54, 1.807) is 12.0 Å². The smallest absolute Gasteiger partial charge is 0.252 e. The Hall–Kier alpha value is -2.57. The summed E-state index contributed by atoms with van der Waals surface area (Å²) in [7, 11) is 1.62. The standard InChI is InChI=1S/C20H19N3O2S/c1-12-3-5-13(6-4-12)16-11-26-20-22-18(17(21)19(24)23(16)20)14-7-9-15(25-2)10-8-14/h3-11,17-18H,21H2,1-2H3/t17-,18+/m0/s1. The van der Waals surface area contributed by atoms with E-state index in [1.807, 2.05) is 60.9 Å². The van der Waals surface area contributed by atoms with Crippen LogP contribution >= 0.6 is 11.8 Å². The van der Waals surface area contributed by atoms with E-state index < -0.39 is 12.1 Å². The highest BCUT2D eigenvalue weighted by Gasteiger charge is 2.41. The number of aliphatic imine (C=N–C) groups is 1. The summed E-state index contributed by atoms with van der Waals surface area (Å²) < 4.78 is 5.19. The second-order valence-electron chi connectivity index (χ2n) is 6.32. The SMILES string of the molecule is COc1ccc([C@H]2N=C3SC=C(c4ccc(C)cc4)N3C(=O)[C@H]2N)cc1. The fraction of sp³-hybridized carbons (Fsp3) is 0.200. The van der Waals surface area contributed by atoms with Gasteiger partial charge in [-0.3, -0.25) is 14.7 Å². The monoisotopic (exact) mass is 365 g/mol. The van der Waals surface area contributed by atoms with E-state index in [-0.39, 0.29) is 5.91 Å². The number of carbonyl (C=O) groups is 1. The van der Waals surface area contributed by atoms with Crippen molar-refractivity contribution in [3.8, 4) is 5.75 Å². The summed E-state index contributed by atoms with van der Waals surface area (Å²) in [6.45, 7) is 2.04. The molecule has 1 amide bonds. The first-order valence-electron chi connectivity index (χ1n) is 8.33. The lowest BCUT2D eigenvalue weighted by Gasteiger charge is -2.32. The zero-order valence-corrected chi connectivity index (χ0v) is 15.4. The highest BCUT2D eigenvalue weighted by molar-refractivity contribution is 8.16. The van der Waals surface area contributed by atoms with Crippen LogP contribution in [-0.4, -0.2) is 29.1 Å². The molecule has 2 aromatic rings. The molecule has 0 spiro atoms. The third-order valence-corrected chi connectivity index (χ3v) is 5.45. The molecule has 0 unspecified atom stereocenters. The molecule has 4 rings (SSSR count). The molecule has 0 aromatic heterocycles. The Bertz CT molecular complexity index is 904. The van der Waals surface area contributed by atoms with Crippen molar-refractivity contribution in [2.45, 2.75) is 19.0 Å². The first-order chi connectivity index (χ1) is 12.6. The van der Waals surface area contributed by atoms with Gasteiger partial charge in [0.25, 0.3) is 5.91 Å². The van der Waals surface area contributed by atoms with E-state index in [4.69, 9.17) is 15.5 Å². The number of benzene rings is 2. The van der Waals surface area contributed by atoms with Crippen LogP contribution in [0, 0.1) is 6.92 Å². The Kier molecular flexibility index (Phi) is 4.30. The minimum absolute atomic E-state index is 0.132. The molecule has 5 nitrogen and oxygen atoms in total. The number of rotatable bonds is 3. The van der Waals surface area contributed by atoms with Gasteiger partial charge in [0.15, 0.2) is 5.17 Å². The zero-order valence-electron chi connectivity index (χ0n) is 14.5. The molecule has 2 atom stereocenters. The molecule has 0 saturated carbocycles. The first kappa shape index (κ1) is 16.9. The van der Waals surface area contributed by atoms with Crippen LogP contribution in [0.15, 0.2) is 58.9 Å². The normalized spacial score (nSPS) is 22.0. The number of hydrogen-bond acceptors (Lipinski definition) is 5. The summed E-state index contributed by atoms with van der Waals surface area (Å²) >= 11 is 1.46. The lowest BCUT2D eigenvalue weighted by molar-refractivity contribution is -0.127. The highest BCUT2D eigenvalue weighted by atomic mass is 32.2. The predicted octanol–water partition coefficient (Wildman–Crippen LogP) is 3.32. The molecule has 26 heavy (non-hydrogen) atoms. The van der Waals surface area contributed by atoms with Gasteiger partial charge in [0.2, 0.25) is 0 Å². The van der Waals surface area contributed by atoms with Crippen molar-refractivity contribution in [1.29, 1.82) is 0 Å². The second kappa shape index (κ2) is 6.63. The second-order valence-corrected chi connectivity index (χ2v) is 7.15. The molecule has 2 heterocycles. The Morgan fingerprint density at radius 3 is 2.46 bits per heavy atom. The number of methoxy groups -OCH3 is 1. The number of nitrogens with zero attached hydrogens (tertiary/aromatic N) is 2. The number of thioether (sulfide) groups is 1. The van der Waals surface area contributed by atoms with Crippen molar-refractivity contribution in [2.24, 2.45) is 10.7 Å². The van der Waals surface area contributed by atoms with Gasteiger partial charge in [-0.25, -0.2) is 0 Å². The Balaban J connectivity index is 1.67. The minimum atomic E-state index is -0.723. The summed E-state index contributed by atoms with van der Waals surface area (Å²) in [5.41, 5.74) is 10.2. The average molecular weight is 365 g/mol. The Morgan fingerprint density at radius 2 is 1.81 bits per heavy atom. The molecule has 0 saturated heterocycles. The van der Waals surface area contributed by atoms with Crippen molar-refractivity contribution < 1.29 is 9.53 Å². The number of hydrogen-bond donors (Lipinski definition) is 1. The van der Waals surface area contributed by atoms with Gasteiger partial charge in [-0.05, 0) is 30.2 Å². The molecule has 0 bridgehead atoms. The number of nitrogens with two attached hydrogens (primary N) is 1. The van der Waals surface area contributed by atoms with E-state index in [2.05, 4.69) is 0 Å². The van der Waals surface area contributed by atoms with Gasteiger partial charge in [-0.15, -0.1) is 0 Å². The fourth-order valence-electron chi connectivity index (χ4n) is 3.11. The van der Waals surface area contributed by atoms with E-state index in [0.29, 0.717) is 5.17 Å². The van der Waals surface area contributed by atoms with E-state index in [9.17, 15) is 4.79 Å². The predicted molar refractivity (Wildman–Crippen MR) is 105 cm³/mol. The van der Waals surface area contributed by atoms with Crippen LogP contribution in [-0.2, 0) is 4.79 Å². The fourth-order valence-corrected chi connectivity index (χ4v) is 4.03. The summed E-state index contributed by atoms with van der Waals surface area (Å²) in [6.07, 6.45) is 0. The molecule has 0 radical (unpaired) electrons. The zero-order chi connectivity index (χ0) is 18.3. The topological polar surface area (TPSA) is 67.9 Å². The Labute approximate surface area is 156 Å². The van der Waals surface area contributed by atoms with Gasteiger partial charge in [0.05, 0.1) is 12.8 Å². The van der Waals surface area contributed by atoms with Crippen molar-refractivity contribution in [3.05, 3.63) is 70.6 Å². The summed E-state index contributed by atoms with van der Waals surface area (Å²) in [5, 5.41) is 2.64. The largest absolute Gasteiger partial charge is 0.497 e. The van der Waals surface area contributed by atoms with Crippen molar-refractivity contribution in [1.82, 2.24) is 4.90 Å². The maximum absolute atomic E-state index is 13.0. The number of amidine groups is 1. The lowest BCUT2D eigenvalue weighted by atomic mass is 9.97. The van der Waals surface area contributed by atoms with Crippen molar-refractivity contribution in [3.63, 3.8) is 0 Å². The maximum Gasteiger partial charge on any atom is 0.252 e. The third-order valence-electron chi connectivity index (χ3n) is 4.61. The number of amides is 1. The van der Waals surface area contributed by atoms with Gasteiger partial charge >= 0.3 is 0 Å². The van der Waals surface area contributed by atoms with Crippen LogP contribution in [0.3, 0.4) is 0 Å². The summed E-state index contributed by atoms with van der Waals surface area (Å²) in [4.78, 5) is 19.4. The molecule has 0 fully saturated rings. The third kappa shape index (κ3) is 2.81. The van der Waals surface area contributed by atoms with Gasteiger partial charge < -0.3 is 10.5 Å². The molecule has 2 aliphatic rings. The van der Waals surface area contributed by atoms with Crippen LogP contribution in [0.1, 0.15) is 22.7 Å². The molecule has 2 aliphatic heterocycles. The van der Waals surface area contributed by atoms with Crippen LogP contribution in [0.25, 0.3) is 5.70 Å². The molecular formula is C20H19N3O2S. The molecular weight excluding hydrogens is 346 g/mol. The number of fused-ring (bicyclic) bond motifs is 1. The summed E-state index contributed by atoms with van der Waals surface area (Å²) in [5.74, 6) is 0.630.